The van der Waals surface area contributed by atoms with Gasteiger partial charge in [-0.25, -0.2) is 0 Å². The molecule has 0 aromatic heterocycles. The molecule has 3 N–H and O–H groups in total. The van der Waals surface area contributed by atoms with Gasteiger partial charge in [0.25, 0.3) is 0 Å². The lowest BCUT2D eigenvalue weighted by atomic mass is 10.1. The zero-order valence-electron chi connectivity index (χ0n) is 10.2. The second-order valence-electron chi connectivity index (χ2n) is 4.62. The van der Waals surface area contributed by atoms with Gasteiger partial charge in [0.15, 0.2) is 11.5 Å². The monoisotopic (exact) mass is 236 g/mol. The van der Waals surface area contributed by atoms with Gasteiger partial charge in [-0.3, -0.25) is 0 Å². The molecule has 0 atom stereocenters. The first-order valence-corrected chi connectivity index (χ1v) is 6.11. The lowest BCUT2D eigenvalue weighted by Gasteiger charge is -2.27. The first-order valence-electron chi connectivity index (χ1n) is 6.11. The molecule has 0 aliphatic carbocycles. The average molecular weight is 236 g/mol. The van der Waals surface area contributed by atoms with Crippen LogP contribution < -0.4 is 5.32 Å². The van der Waals surface area contributed by atoms with Crippen molar-refractivity contribution in [1.82, 2.24) is 10.2 Å². The van der Waals surface area contributed by atoms with Crippen molar-refractivity contribution in [2.75, 3.05) is 32.7 Å². The van der Waals surface area contributed by atoms with E-state index in [0.29, 0.717) is 0 Å². The van der Waals surface area contributed by atoms with Gasteiger partial charge in [0.2, 0.25) is 0 Å². The molecular weight excluding hydrogens is 216 g/mol. The Kier molecular flexibility index (Phi) is 3.86. The number of piperazine rings is 1. The Morgan fingerprint density at radius 2 is 1.94 bits per heavy atom. The van der Waals surface area contributed by atoms with Crippen LogP contribution in [0, 0.1) is 6.92 Å². The molecule has 4 heteroatoms. The minimum Gasteiger partial charge on any atom is -0.504 e. The van der Waals surface area contributed by atoms with Crippen LogP contribution in [0.1, 0.15) is 11.1 Å². The van der Waals surface area contributed by atoms with Crippen molar-refractivity contribution in [3.8, 4) is 11.5 Å². The smallest absolute Gasteiger partial charge is 0.160 e. The standard InChI is InChI=1S/C13H20N2O2/c1-10-8-11(9-12(16)13(10)17)2-5-15-6-3-14-4-7-15/h8-9,14,16-17H,2-7H2,1H3. The predicted molar refractivity (Wildman–Crippen MR) is 67.5 cm³/mol. The first kappa shape index (κ1) is 12.2. The van der Waals surface area contributed by atoms with Gasteiger partial charge in [-0.2, -0.15) is 0 Å². The normalized spacial score (nSPS) is 17.2. The Hall–Kier alpha value is -1.26. The lowest BCUT2D eigenvalue weighted by Crippen LogP contribution is -2.44. The molecular formula is C13H20N2O2. The van der Waals surface area contributed by atoms with Crippen molar-refractivity contribution in [3.05, 3.63) is 23.3 Å². The minimum absolute atomic E-state index is 0.00378. The number of aryl methyl sites for hydroxylation is 1. The molecule has 1 aromatic rings. The van der Waals surface area contributed by atoms with E-state index in [-0.39, 0.29) is 11.5 Å². The van der Waals surface area contributed by atoms with Crippen molar-refractivity contribution in [2.45, 2.75) is 13.3 Å². The molecule has 1 aromatic carbocycles. The molecule has 2 rings (SSSR count). The fraction of sp³-hybridized carbons (Fsp3) is 0.538. The summed E-state index contributed by atoms with van der Waals surface area (Å²) in [5, 5.41) is 22.3. The van der Waals surface area contributed by atoms with E-state index < -0.39 is 0 Å². The number of rotatable bonds is 3. The SMILES string of the molecule is Cc1cc(CCN2CCNCC2)cc(O)c1O. The molecule has 0 radical (unpaired) electrons. The summed E-state index contributed by atoms with van der Waals surface area (Å²) in [5.41, 5.74) is 1.82. The van der Waals surface area contributed by atoms with E-state index in [1.165, 1.54) is 0 Å². The highest BCUT2D eigenvalue weighted by molar-refractivity contribution is 5.46. The summed E-state index contributed by atoms with van der Waals surface area (Å²) in [6.45, 7) is 7.10. The summed E-state index contributed by atoms with van der Waals surface area (Å²) in [6, 6.07) is 3.60. The van der Waals surface area contributed by atoms with Gasteiger partial charge in [0, 0.05) is 32.7 Å². The molecule has 1 aliphatic heterocycles. The topological polar surface area (TPSA) is 55.7 Å². The van der Waals surface area contributed by atoms with Crippen molar-refractivity contribution in [1.29, 1.82) is 0 Å². The van der Waals surface area contributed by atoms with Crippen LogP contribution in [-0.4, -0.2) is 47.8 Å². The molecule has 0 spiro atoms. The zero-order valence-corrected chi connectivity index (χ0v) is 10.2. The van der Waals surface area contributed by atoms with E-state index in [1.807, 2.05) is 13.0 Å². The second kappa shape index (κ2) is 5.38. The Morgan fingerprint density at radius 1 is 1.24 bits per heavy atom. The lowest BCUT2D eigenvalue weighted by molar-refractivity contribution is 0.244. The van der Waals surface area contributed by atoms with E-state index >= 15 is 0 Å². The second-order valence-corrected chi connectivity index (χ2v) is 4.62. The highest BCUT2D eigenvalue weighted by Gasteiger charge is 2.10. The molecule has 94 valence electrons. The van der Waals surface area contributed by atoms with Crippen molar-refractivity contribution >= 4 is 0 Å². The molecule has 1 saturated heterocycles. The molecule has 0 amide bonds. The third-order valence-corrected chi connectivity index (χ3v) is 3.27. The Balaban J connectivity index is 1.94. The van der Waals surface area contributed by atoms with Gasteiger partial charge in [-0.1, -0.05) is 6.07 Å². The number of hydrogen-bond acceptors (Lipinski definition) is 4. The first-order chi connectivity index (χ1) is 8.16. The van der Waals surface area contributed by atoms with Crippen molar-refractivity contribution in [2.24, 2.45) is 0 Å². The van der Waals surface area contributed by atoms with Crippen molar-refractivity contribution in [3.63, 3.8) is 0 Å². The van der Waals surface area contributed by atoms with Crippen LogP contribution in [0.4, 0.5) is 0 Å². The van der Waals surface area contributed by atoms with E-state index in [2.05, 4.69) is 10.2 Å². The Morgan fingerprint density at radius 3 is 2.59 bits per heavy atom. The molecule has 0 saturated carbocycles. The Bertz CT molecular complexity index is 364. The van der Waals surface area contributed by atoms with E-state index in [4.69, 9.17) is 0 Å². The number of nitrogens with one attached hydrogen (secondary N) is 1. The van der Waals surface area contributed by atoms with E-state index in [1.54, 1.807) is 6.07 Å². The van der Waals surface area contributed by atoms with Crippen LogP contribution >= 0.6 is 0 Å². The fourth-order valence-corrected chi connectivity index (χ4v) is 2.20. The number of aromatic hydroxyl groups is 2. The maximum atomic E-state index is 9.54. The van der Waals surface area contributed by atoms with Gasteiger partial charge in [0.1, 0.15) is 0 Å². The summed E-state index contributed by atoms with van der Waals surface area (Å²) >= 11 is 0. The predicted octanol–water partition coefficient (Wildman–Crippen LogP) is 0.854. The molecule has 0 unspecified atom stereocenters. The van der Waals surface area contributed by atoms with Crippen LogP contribution in [0.5, 0.6) is 11.5 Å². The number of phenols is 2. The summed E-state index contributed by atoms with van der Waals surface area (Å²) in [5.74, 6) is -0.0174. The number of phenolic OH excluding ortho intramolecular Hbond substituents is 2. The maximum absolute atomic E-state index is 9.54. The average Bonchev–Trinajstić information content (AvgIpc) is 2.34. The van der Waals surface area contributed by atoms with E-state index in [9.17, 15) is 10.2 Å². The fourth-order valence-electron chi connectivity index (χ4n) is 2.20. The number of nitrogens with zero attached hydrogens (tertiary/aromatic N) is 1. The maximum Gasteiger partial charge on any atom is 0.160 e. The molecule has 1 aliphatic rings. The van der Waals surface area contributed by atoms with Gasteiger partial charge < -0.3 is 20.4 Å². The minimum atomic E-state index is -0.0136. The Labute approximate surface area is 102 Å². The number of benzene rings is 1. The third-order valence-electron chi connectivity index (χ3n) is 3.27. The van der Waals surface area contributed by atoms with Crippen LogP contribution in [0.2, 0.25) is 0 Å². The van der Waals surface area contributed by atoms with Gasteiger partial charge in [0.05, 0.1) is 0 Å². The van der Waals surface area contributed by atoms with Gasteiger partial charge >= 0.3 is 0 Å². The van der Waals surface area contributed by atoms with Gasteiger partial charge in [-0.15, -0.1) is 0 Å². The van der Waals surface area contributed by atoms with Crippen LogP contribution in [0.25, 0.3) is 0 Å². The summed E-state index contributed by atoms with van der Waals surface area (Å²) in [6.07, 6.45) is 0.911. The largest absolute Gasteiger partial charge is 0.504 e. The quantitative estimate of drug-likeness (QED) is 0.681. The summed E-state index contributed by atoms with van der Waals surface area (Å²) < 4.78 is 0. The summed E-state index contributed by atoms with van der Waals surface area (Å²) in [7, 11) is 0. The van der Waals surface area contributed by atoms with Gasteiger partial charge in [-0.05, 0) is 30.5 Å². The van der Waals surface area contributed by atoms with Crippen molar-refractivity contribution < 1.29 is 10.2 Å². The highest BCUT2D eigenvalue weighted by Crippen LogP contribution is 2.29. The van der Waals surface area contributed by atoms with Crippen LogP contribution in [0.3, 0.4) is 0 Å². The third kappa shape index (κ3) is 3.11. The molecule has 4 nitrogen and oxygen atoms in total. The summed E-state index contributed by atoms with van der Waals surface area (Å²) in [4.78, 5) is 2.41. The zero-order chi connectivity index (χ0) is 12.3. The molecule has 17 heavy (non-hydrogen) atoms. The molecule has 1 heterocycles. The number of hydrogen-bond donors (Lipinski definition) is 3. The molecule has 0 bridgehead atoms. The van der Waals surface area contributed by atoms with Crippen LogP contribution in [0.15, 0.2) is 12.1 Å². The molecule has 1 fully saturated rings. The highest BCUT2D eigenvalue weighted by atomic mass is 16.3. The van der Waals surface area contributed by atoms with E-state index in [0.717, 1.165) is 50.3 Å². The van der Waals surface area contributed by atoms with Crippen LogP contribution in [-0.2, 0) is 6.42 Å².